The van der Waals surface area contributed by atoms with Crippen molar-refractivity contribution in [3.05, 3.63) is 82.7 Å². The number of hydrogen-bond acceptors (Lipinski definition) is 4. The topological polar surface area (TPSA) is 57.7 Å². The van der Waals surface area contributed by atoms with Crippen LogP contribution in [-0.4, -0.2) is 46.9 Å². The van der Waals surface area contributed by atoms with Gasteiger partial charge in [0, 0.05) is 37.7 Å². The van der Waals surface area contributed by atoms with Gasteiger partial charge in [-0.15, -0.1) is 0 Å². The molecule has 5 nitrogen and oxygen atoms in total. The predicted octanol–water partition coefficient (Wildman–Crippen LogP) is 3.46. The van der Waals surface area contributed by atoms with Crippen molar-refractivity contribution >= 4 is 17.5 Å². The molecular weight excluding hydrogens is 364 g/mol. The number of likely N-dealkylation sites (tertiary alicyclic amines) is 1. The van der Waals surface area contributed by atoms with Gasteiger partial charge in [-0.25, -0.2) is 0 Å². The number of carbonyl (C=O) groups excluding carboxylic acids is 3. The van der Waals surface area contributed by atoms with Gasteiger partial charge in [0.25, 0.3) is 0 Å². The van der Waals surface area contributed by atoms with Crippen molar-refractivity contribution in [3.63, 3.8) is 0 Å². The Kier molecular flexibility index (Phi) is 5.30. The maximum atomic E-state index is 13.5. The summed E-state index contributed by atoms with van der Waals surface area (Å²) < 4.78 is 0. The van der Waals surface area contributed by atoms with Gasteiger partial charge in [0.05, 0.1) is 0 Å². The van der Waals surface area contributed by atoms with Crippen molar-refractivity contribution in [3.8, 4) is 0 Å². The van der Waals surface area contributed by atoms with E-state index >= 15 is 0 Å². The van der Waals surface area contributed by atoms with E-state index < -0.39 is 0 Å². The molecule has 4 rings (SSSR count). The van der Waals surface area contributed by atoms with Crippen LogP contribution in [0.4, 0.5) is 0 Å². The van der Waals surface area contributed by atoms with E-state index in [-0.39, 0.29) is 23.2 Å². The highest BCUT2D eigenvalue weighted by Crippen LogP contribution is 2.32. The monoisotopic (exact) mass is 388 g/mol. The van der Waals surface area contributed by atoms with E-state index in [0.717, 1.165) is 31.5 Å². The van der Waals surface area contributed by atoms with Crippen molar-refractivity contribution in [1.82, 2.24) is 9.80 Å². The molecule has 2 aliphatic rings. The Labute approximate surface area is 170 Å². The van der Waals surface area contributed by atoms with Gasteiger partial charge in [-0.2, -0.15) is 0 Å². The minimum Gasteiger partial charge on any atom is -0.367 e. The van der Waals surface area contributed by atoms with Gasteiger partial charge < -0.3 is 9.80 Å². The van der Waals surface area contributed by atoms with Gasteiger partial charge in [-0.05, 0) is 24.8 Å². The molecule has 0 N–H and O–H groups in total. The molecule has 2 aromatic rings. The molecule has 0 aromatic heterocycles. The van der Waals surface area contributed by atoms with E-state index in [2.05, 4.69) is 0 Å². The zero-order valence-electron chi connectivity index (χ0n) is 16.6. The lowest BCUT2D eigenvalue weighted by Gasteiger charge is -2.33. The summed E-state index contributed by atoms with van der Waals surface area (Å²) in [5.41, 5.74) is 2.50. The average Bonchev–Trinajstić information content (AvgIpc) is 3.26. The first kappa shape index (κ1) is 19.1. The number of amides is 1. The molecule has 1 heterocycles. The van der Waals surface area contributed by atoms with Crippen LogP contribution in [0.15, 0.2) is 66.0 Å². The first-order chi connectivity index (χ1) is 14.1. The summed E-state index contributed by atoms with van der Waals surface area (Å²) in [6.45, 7) is 3.26. The highest BCUT2D eigenvalue weighted by atomic mass is 16.2. The van der Waals surface area contributed by atoms with E-state index in [1.807, 2.05) is 35.2 Å². The Balaban J connectivity index is 1.78. The molecular formula is C24H24N2O3. The van der Waals surface area contributed by atoms with E-state index in [0.29, 0.717) is 29.8 Å². The van der Waals surface area contributed by atoms with Crippen molar-refractivity contribution in [1.29, 1.82) is 0 Å². The van der Waals surface area contributed by atoms with Crippen LogP contribution in [0.5, 0.6) is 0 Å². The van der Waals surface area contributed by atoms with Crippen molar-refractivity contribution < 1.29 is 14.4 Å². The molecule has 1 amide bonds. The summed E-state index contributed by atoms with van der Waals surface area (Å²) in [5, 5.41) is 0. The summed E-state index contributed by atoms with van der Waals surface area (Å²) >= 11 is 0. The summed E-state index contributed by atoms with van der Waals surface area (Å²) in [7, 11) is 0. The molecule has 0 spiro atoms. The number of Topliss-reactive ketones (excluding diaryl/α,β-unsaturated/α-hetero) is 2. The summed E-state index contributed by atoms with van der Waals surface area (Å²) in [6.07, 6.45) is 2.56. The van der Waals surface area contributed by atoms with E-state index in [4.69, 9.17) is 0 Å². The maximum Gasteiger partial charge on any atom is 0.224 e. The highest BCUT2D eigenvalue weighted by molar-refractivity contribution is 6.27. The maximum absolute atomic E-state index is 13.5. The van der Waals surface area contributed by atoms with Crippen LogP contribution in [-0.2, 0) is 11.2 Å². The molecule has 5 heteroatoms. The number of benzene rings is 2. The fraction of sp³-hybridized carbons (Fsp3) is 0.292. The fourth-order valence-corrected chi connectivity index (χ4v) is 4.15. The first-order valence-electron chi connectivity index (χ1n) is 10.1. The predicted molar refractivity (Wildman–Crippen MR) is 110 cm³/mol. The lowest BCUT2D eigenvalue weighted by molar-refractivity contribution is -0.126. The third-order valence-electron chi connectivity index (χ3n) is 5.61. The zero-order valence-corrected chi connectivity index (χ0v) is 16.6. The lowest BCUT2D eigenvalue weighted by atomic mass is 9.89. The van der Waals surface area contributed by atoms with Gasteiger partial charge in [0.15, 0.2) is 0 Å². The van der Waals surface area contributed by atoms with Crippen molar-refractivity contribution in [2.24, 2.45) is 0 Å². The molecule has 0 atom stereocenters. The third kappa shape index (κ3) is 3.60. The van der Waals surface area contributed by atoms with Gasteiger partial charge in [0.2, 0.25) is 17.5 Å². The second-order valence-electron chi connectivity index (χ2n) is 7.50. The second kappa shape index (κ2) is 8.03. The van der Waals surface area contributed by atoms with Crippen LogP contribution >= 0.6 is 0 Å². The average molecular weight is 388 g/mol. The van der Waals surface area contributed by atoms with Gasteiger partial charge in [-0.3, -0.25) is 14.4 Å². The molecule has 29 heavy (non-hydrogen) atoms. The molecule has 1 aliphatic heterocycles. The SMILES string of the molecule is CC(=O)N(CCc1ccccc1)C1=C(N2CCCC2)C(=O)c2ccccc2C1=O. The van der Waals surface area contributed by atoms with E-state index in [9.17, 15) is 14.4 Å². The van der Waals surface area contributed by atoms with E-state index in [1.54, 1.807) is 24.3 Å². The van der Waals surface area contributed by atoms with Crippen LogP contribution in [0, 0.1) is 0 Å². The minimum atomic E-state index is -0.245. The molecule has 0 saturated carbocycles. The molecule has 1 fully saturated rings. The minimum absolute atomic E-state index is 0.164. The quantitative estimate of drug-likeness (QED) is 0.787. The number of allylic oxidation sites excluding steroid dienone is 2. The Morgan fingerprint density at radius 3 is 2.10 bits per heavy atom. The number of carbonyl (C=O) groups is 3. The zero-order chi connectivity index (χ0) is 20.4. The fourth-order valence-electron chi connectivity index (χ4n) is 4.15. The first-order valence-corrected chi connectivity index (χ1v) is 10.1. The molecule has 2 aromatic carbocycles. The molecule has 0 bridgehead atoms. The van der Waals surface area contributed by atoms with Crippen molar-refractivity contribution in [2.75, 3.05) is 19.6 Å². The number of nitrogens with zero attached hydrogens (tertiary/aromatic N) is 2. The molecule has 0 radical (unpaired) electrons. The normalized spacial score (nSPS) is 16.2. The molecule has 1 aliphatic carbocycles. The second-order valence-corrected chi connectivity index (χ2v) is 7.50. The van der Waals surface area contributed by atoms with Crippen LogP contribution in [0.2, 0.25) is 0 Å². The standard InChI is InChI=1S/C24H24N2O3/c1-17(27)26(16-13-18-9-3-2-4-10-18)22-21(25-14-7-8-15-25)23(28)19-11-5-6-12-20(19)24(22)29/h2-6,9-12H,7-8,13-16H2,1H3. The van der Waals surface area contributed by atoms with Crippen LogP contribution < -0.4 is 0 Å². The Bertz CT molecular complexity index is 988. The van der Waals surface area contributed by atoms with Gasteiger partial charge in [-0.1, -0.05) is 54.6 Å². The van der Waals surface area contributed by atoms with Crippen LogP contribution in [0.1, 0.15) is 46.0 Å². The Morgan fingerprint density at radius 1 is 0.897 bits per heavy atom. The van der Waals surface area contributed by atoms with Crippen molar-refractivity contribution in [2.45, 2.75) is 26.2 Å². The number of ketones is 2. The highest BCUT2D eigenvalue weighted by Gasteiger charge is 2.39. The van der Waals surface area contributed by atoms with Crippen LogP contribution in [0.25, 0.3) is 0 Å². The number of fused-ring (bicyclic) bond motifs is 1. The summed E-state index contributed by atoms with van der Waals surface area (Å²) in [4.78, 5) is 42.9. The summed E-state index contributed by atoms with van der Waals surface area (Å²) in [6, 6.07) is 16.7. The van der Waals surface area contributed by atoms with Gasteiger partial charge >= 0.3 is 0 Å². The number of rotatable bonds is 5. The molecule has 148 valence electrons. The van der Waals surface area contributed by atoms with E-state index in [1.165, 1.54) is 11.8 Å². The third-order valence-corrected chi connectivity index (χ3v) is 5.61. The van der Waals surface area contributed by atoms with Crippen LogP contribution in [0.3, 0.4) is 0 Å². The Morgan fingerprint density at radius 2 is 1.48 bits per heavy atom. The molecule has 0 unspecified atom stereocenters. The Hall–Kier alpha value is -3.21. The summed E-state index contributed by atoms with van der Waals surface area (Å²) in [5.74, 6) is -0.637. The largest absolute Gasteiger partial charge is 0.367 e. The molecule has 1 saturated heterocycles. The van der Waals surface area contributed by atoms with Gasteiger partial charge in [0.1, 0.15) is 11.4 Å². The smallest absolute Gasteiger partial charge is 0.224 e. The lowest BCUT2D eigenvalue weighted by Crippen LogP contribution is -2.42. The number of hydrogen-bond donors (Lipinski definition) is 0.